The van der Waals surface area contributed by atoms with Gasteiger partial charge in [-0.25, -0.2) is 4.79 Å². The molecule has 7 nitrogen and oxygen atoms in total. The van der Waals surface area contributed by atoms with Crippen molar-refractivity contribution in [3.8, 4) is 0 Å². The second-order valence-corrected chi connectivity index (χ2v) is 2.95. The van der Waals surface area contributed by atoms with Gasteiger partial charge in [-0.15, -0.1) is 0 Å². The Morgan fingerprint density at radius 2 is 2.31 bits per heavy atom. The minimum Gasteiger partial charge on any atom is -0.465 e. The van der Waals surface area contributed by atoms with Crippen molar-refractivity contribution in [3.63, 3.8) is 0 Å². The van der Waals surface area contributed by atoms with Crippen LogP contribution in [-0.2, 0) is 16.1 Å². The molecule has 2 amide bonds. The molecular weight excluding hydrogens is 212 g/mol. The summed E-state index contributed by atoms with van der Waals surface area (Å²) in [5, 5.41) is 11.3. The highest BCUT2D eigenvalue weighted by Crippen LogP contribution is 1.91. The van der Waals surface area contributed by atoms with Gasteiger partial charge in [-0.1, -0.05) is 0 Å². The van der Waals surface area contributed by atoms with Crippen molar-refractivity contribution in [2.75, 3.05) is 13.2 Å². The van der Waals surface area contributed by atoms with Gasteiger partial charge in [-0.3, -0.25) is 9.89 Å². The molecule has 1 rings (SSSR count). The number of carbonyl (C=O) groups is 2. The summed E-state index contributed by atoms with van der Waals surface area (Å²) in [5.74, 6) is -0.457. The molecule has 16 heavy (non-hydrogen) atoms. The fraction of sp³-hybridized carbons (Fsp3) is 0.444. The smallest absolute Gasteiger partial charge is 0.325 e. The summed E-state index contributed by atoms with van der Waals surface area (Å²) in [4.78, 5) is 22.1. The SMILES string of the molecule is CCOC(=O)CNC(=O)NCc1cn[nH]c1. The largest absolute Gasteiger partial charge is 0.465 e. The van der Waals surface area contributed by atoms with E-state index in [1.807, 2.05) is 0 Å². The van der Waals surface area contributed by atoms with Crippen LogP contribution in [0.15, 0.2) is 12.4 Å². The molecule has 0 spiro atoms. The summed E-state index contributed by atoms with van der Waals surface area (Å²) in [6, 6.07) is -0.422. The van der Waals surface area contributed by atoms with Crippen LogP contribution >= 0.6 is 0 Å². The molecule has 0 atom stereocenters. The Kier molecular flexibility index (Phi) is 4.84. The highest BCUT2D eigenvalue weighted by molar-refractivity contribution is 5.80. The number of carbonyl (C=O) groups excluding carboxylic acids is 2. The molecule has 0 aliphatic heterocycles. The van der Waals surface area contributed by atoms with E-state index in [9.17, 15) is 9.59 Å². The van der Waals surface area contributed by atoms with Crippen molar-refractivity contribution in [1.82, 2.24) is 20.8 Å². The Morgan fingerprint density at radius 3 is 2.94 bits per heavy atom. The molecule has 0 radical (unpaired) electrons. The molecule has 0 unspecified atom stereocenters. The number of nitrogens with one attached hydrogen (secondary N) is 3. The van der Waals surface area contributed by atoms with Crippen LogP contribution in [0.1, 0.15) is 12.5 Å². The van der Waals surface area contributed by atoms with Crippen LogP contribution in [0.3, 0.4) is 0 Å². The number of urea groups is 1. The molecule has 0 aliphatic carbocycles. The Morgan fingerprint density at radius 1 is 1.50 bits per heavy atom. The minimum absolute atomic E-state index is 0.134. The second kappa shape index (κ2) is 6.44. The van der Waals surface area contributed by atoms with E-state index >= 15 is 0 Å². The molecule has 1 aromatic rings. The zero-order chi connectivity index (χ0) is 11.8. The van der Waals surface area contributed by atoms with Crippen LogP contribution in [0, 0.1) is 0 Å². The van der Waals surface area contributed by atoms with E-state index in [0.717, 1.165) is 5.56 Å². The van der Waals surface area contributed by atoms with Gasteiger partial charge in [0, 0.05) is 18.3 Å². The zero-order valence-corrected chi connectivity index (χ0v) is 8.95. The summed E-state index contributed by atoms with van der Waals surface area (Å²) in [6.45, 7) is 2.23. The van der Waals surface area contributed by atoms with E-state index in [1.165, 1.54) is 0 Å². The highest BCUT2D eigenvalue weighted by Gasteiger charge is 2.05. The van der Waals surface area contributed by atoms with Gasteiger partial charge in [0.1, 0.15) is 6.54 Å². The summed E-state index contributed by atoms with van der Waals surface area (Å²) in [7, 11) is 0. The lowest BCUT2D eigenvalue weighted by molar-refractivity contribution is -0.141. The van der Waals surface area contributed by atoms with E-state index in [0.29, 0.717) is 13.2 Å². The standard InChI is InChI=1S/C9H14N4O3/c1-2-16-8(14)6-11-9(15)10-3-7-4-12-13-5-7/h4-5H,2-3,6H2,1H3,(H,12,13)(H2,10,11,15). The first-order chi connectivity index (χ1) is 7.72. The number of hydrogen-bond acceptors (Lipinski definition) is 4. The maximum Gasteiger partial charge on any atom is 0.325 e. The van der Waals surface area contributed by atoms with Crippen LogP contribution < -0.4 is 10.6 Å². The first-order valence-corrected chi connectivity index (χ1v) is 4.87. The van der Waals surface area contributed by atoms with Gasteiger partial charge in [-0.2, -0.15) is 5.10 Å². The number of ether oxygens (including phenoxy) is 1. The van der Waals surface area contributed by atoms with Gasteiger partial charge in [-0.05, 0) is 6.92 Å². The number of esters is 1. The van der Waals surface area contributed by atoms with Crippen LogP contribution in [0.25, 0.3) is 0 Å². The van der Waals surface area contributed by atoms with Gasteiger partial charge in [0.05, 0.1) is 12.8 Å². The predicted molar refractivity (Wildman–Crippen MR) is 55.5 cm³/mol. The molecule has 0 saturated heterocycles. The molecule has 3 N–H and O–H groups in total. The monoisotopic (exact) mass is 226 g/mol. The van der Waals surface area contributed by atoms with Crippen molar-refractivity contribution < 1.29 is 14.3 Å². The van der Waals surface area contributed by atoms with Crippen molar-refractivity contribution in [1.29, 1.82) is 0 Å². The molecule has 7 heteroatoms. The molecule has 0 fully saturated rings. The summed E-state index contributed by atoms with van der Waals surface area (Å²) < 4.78 is 4.65. The van der Waals surface area contributed by atoms with Gasteiger partial charge in [0.25, 0.3) is 0 Å². The Hall–Kier alpha value is -2.05. The highest BCUT2D eigenvalue weighted by atomic mass is 16.5. The van der Waals surface area contributed by atoms with Crippen LogP contribution in [0.2, 0.25) is 0 Å². The van der Waals surface area contributed by atoms with Crippen molar-refractivity contribution in [2.24, 2.45) is 0 Å². The number of hydrogen-bond donors (Lipinski definition) is 3. The Balaban J connectivity index is 2.14. The molecule has 0 aromatic carbocycles. The summed E-state index contributed by atoms with van der Waals surface area (Å²) in [6.07, 6.45) is 3.28. The number of amides is 2. The van der Waals surface area contributed by atoms with Gasteiger partial charge >= 0.3 is 12.0 Å². The second-order valence-electron chi connectivity index (χ2n) is 2.95. The summed E-state index contributed by atoms with van der Waals surface area (Å²) >= 11 is 0. The van der Waals surface area contributed by atoms with Crippen LogP contribution in [0.5, 0.6) is 0 Å². The third-order valence-corrected chi connectivity index (χ3v) is 1.71. The van der Waals surface area contributed by atoms with Crippen LogP contribution in [0.4, 0.5) is 4.79 Å². The molecule has 0 aliphatic rings. The van der Waals surface area contributed by atoms with Crippen molar-refractivity contribution in [2.45, 2.75) is 13.5 Å². The van der Waals surface area contributed by atoms with E-state index in [1.54, 1.807) is 19.3 Å². The number of H-pyrrole nitrogens is 1. The van der Waals surface area contributed by atoms with Gasteiger partial charge < -0.3 is 15.4 Å². The fourth-order valence-electron chi connectivity index (χ4n) is 0.984. The average Bonchev–Trinajstić information content (AvgIpc) is 2.77. The molecule has 1 aromatic heterocycles. The van der Waals surface area contributed by atoms with E-state index in [-0.39, 0.29) is 6.54 Å². The predicted octanol–water partition coefficient (Wildman–Crippen LogP) is -0.228. The van der Waals surface area contributed by atoms with E-state index in [4.69, 9.17) is 0 Å². The Bertz CT molecular complexity index is 337. The third kappa shape index (κ3) is 4.45. The molecule has 0 saturated carbocycles. The maximum atomic E-state index is 11.2. The number of aromatic amines is 1. The van der Waals surface area contributed by atoms with Gasteiger partial charge in [0.2, 0.25) is 0 Å². The normalized spacial score (nSPS) is 9.56. The zero-order valence-electron chi connectivity index (χ0n) is 8.95. The molecule has 0 bridgehead atoms. The number of nitrogens with zero attached hydrogens (tertiary/aromatic N) is 1. The van der Waals surface area contributed by atoms with E-state index in [2.05, 4.69) is 25.6 Å². The fourth-order valence-corrected chi connectivity index (χ4v) is 0.984. The van der Waals surface area contributed by atoms with Gasteiger partial charge in [0.15, 0.2) is 0 Å². The lowest BCUT2D eigenvalue weighted by atomic mass is 10.4. The topological polar surface area (TPSA) is 96.1 Å². The van der Waals surface area contributed by atoms with E-state index < -0.39 is 12.0 Å². The lowest BCUT2D eigenvalue weighted by Gasteiger charge is -2.05. The number of rotatable bonds is 5. The minimum atomic E-state index is -0.457. The summed E-state index contributed by atoms with van der Waals surface area (Å²) in [5.41, 5.74) is 0.853. The molecular formula is C9H14N4O3. The van der Waals surface area contributed by atoms with Crippen molar-refractivity contribution in [3.05, 3.63) is 18.0 Å². The van der Waals surface area contributed by atoms with Crippen LogP contribution in [-0.4, -0.2) is 35.3 Å². The maximum absolute atomic E-state index is 11.2. The average molecular weight is 226 g/mol. The first-order valence-electron chi connectivity index (χ1n) is 4.87. The quantitative estimate of drug-likeness (QED) is 0.604. The number of aromatic nitrogens is 2. The lowest BCUT2D eigenvalue weighted by Crippen LogP contribution is -2.38. The van der Waals surface area contributed by atoms with Crippen molar-refractivity contribution >= 4 is 12.0 Å². The first kappa shape index (κ1) is 12.0. The Labute approximate surface area is 92.6 Å². The third-order valence-electron chi connectivity index (χ3n) is 1.71. The molecule has 88 valence electrons. The molecule has 1 heterocycles.